The number of oxazole rings is 1. The lowest BCUT2D eigenvalue weighted by molar-refractivity contribution is 0.379. The Hall–Kier alpha value is -3.09. The van der Waals surface area contributed by atoms with Gasteiger partial charge in [-0.15, -0.1) is 0 Å². The fourth-order valence-electron chi connectivity index (χ4n) is 3.06. The van der Waals surface area contributed by atoms with Crippen LogP contribution in [0.25, 0.3) is 5.69 Å². The molecule has 160 valence electrons. The number of hydrogen-bond donors (Lipinski definition) is 2. The smallest absolute Gasteiger partial charge is 0.213 e. The summed E-state index contributed by atoms with van der Waals surface area (Å²) >= 11 is 0. The van der Waals surface area contributed by atoms with Gasteiger partial charge in [-0.2, -0.15) is 5.10 Å². The van der Waals surface area contributed by atoms with E-state index >= 15 is 0 Å². The van der Waals surface area contributed by atoms with Crippen LogP contribution in [0, 0.1) is 6.92 Å². The topological polar surface area (TPSA) is 80.3 Å². The van der Waals surface area contributed by atoms with E-state index in [4.69, 9.17) is 4.42 Å². The summed E-state index contributed by atoms with van der Waals surface area (Å²) in [5.41, 5.74) is 3.37. The average molecular weight is 409 g/mol. The van der Waals surface area contributed by atoms with Gasteiger partial charge in [-0.25, -0.2) is 9.67 Å². The Labute approximate surface area is 178 Å². The molecule has 0 bridgehead atoms. The van der Waals surface area contributed by atoms with Crippen LogP contribution in [-0.4, -0.2) is 34.3 Å². The van der Waals surface area contributed by atoms with Gasteiger partial charge in [-0.3, -0.25) is 4.99 Å². The molecule has 0 unspecified atom stereocenters. The molecule has 0 atom stereocenters. The van der Waals surface area contributed by atoms with E-state index in [0.717, 1.165) is 42.5 Å². The highest BCUT2D eigenvalue weighted by Crippen LogP contribution is 2.22. The molecule has 7 heteroatoms. The van der Waals surface area contributed by atoms with E-state index in [9.17, 15) is 0 Å². The number of para-hydroxylation sites is 1. The lowest BCUT2D eigenvalue weighted by Crippen LogP contribution is -2.37. The number of rotatable bonds is 7. The third-order valence-corrected chi connectivity index (χ3v) is 4.86. The zero-order chi connectivity index (χ0) is 21.6. The van der Waals surface area contributed by atoms with Crippen molar-refractivity contribution in [2.75, 3.05) is 13.6 Å². The molecule has 7 nitrogen and oxygen atoms in total. The molecule has 0 radical (unpaired) electrons. The summed E-state index contributed by atoms with van der Waals surface area (Å²) in [6.45, 7) is 9.70. The van der Waals surface area contributed by atoms with E-state index in [1.165, 1.54) is 5.56 Å². The van der Waals surface area contributed by atoms with E-state index < -0.39 is 0 Å². The predicted molar refractivity (Wildman–Crippen MR) is 120 cm³/mol. The van der Waals surface area contributed by atoms with E-state index in [-0.39, 0.29) is 5.41 Å². The molecule has 1 aromatic carbocycles. The second-order valence-corrected chi connectivity index (χ2v) is 8.34. The monoisotopic (exact) mass is 408 g/mol. The molecule has 30 heavy (non-hydrogen) atoms. The van der Waals surface area contributed by atoms with E-state index in [0.29, 0.717) is 12.4 Å². The molecule has 0 saturated carbocycles. The van der Waals surface area contributed by atoms with Crippen LogP contribution in [0.4, 0.5) is 0 Å². The largest absolute Gasteiger partial charge is 0.443 e. The van der Waals surface area contributed by atoms with Crippen molar-refractivity contribution in [2.45, 2.75) is 52.5 Å². The summed E-state index contributed by atoms with van der Waals surface area (Å²) in [5, 5.41) is 11.2. The highest BCUT2D eigenvalue weighted by molar-refractivity contribution is 5.79. The minimum Gasteiger partial charge on any atom is -0.443 e. The summed E-state index contributed by atoms with van der Waals surface area (Å²) in [7, 11) is 1.76. The Morgan fingerprint density at radius 3 is 2.60 bits per heavy atom. The standard InChI is InChI=1S/C23H32N6O/c1-17-18(16-29(28-17)19-11-7-6-8-12-19)10-9-13-25-22(24-5)27-15-21-26-14-20(30-21)23(2,3)4/h6-8,11-12,14,16H,9-10,13,15H2,1-5H3,(H2,24,25,27). The van der Waals surface area contributed by atoms with Gasteiger partial charge >= 0.3 is 0 Å². The Bertz CT molecular complexity index is 965. The van der Waals surface area contributed by atoms with Crippen molar-refractivity contribution in [1.29, 1.82) is 0 Å². The van der Waals surface area contributed by atoms with E-state index in [2.05, 4.69) is 71.7 Å². The molecular formula is C23H32N6O. The number of aromatic nitrogens is 3. The Kier molecular flexibility index (Phi) is 6.92. The number of nitrogens with one attached hydrogen (secondary N) is 2. The molecule has 0 spiro atoms. The van der Waals surface area contributed by atoms with Gasteiger partial charge in [-0.05, 0) is 37.5 Å². The summed E-state index contributed by atoms with van der Waals surface area (Å²) in [6.07, 6.45) is 5.85. The molecule has 3 rings (SSSR count). The Morgan fingerprint density at radius 2 is 1.93 bits per heavy atom. The number of benzene rings is 1. The number of guanidine groups is 1. The van der Waals surface area contributed by atoms with Crippen molar-refractivity contribution in [3.63, 3.8) is 0 Å². The number of hydrogen-bond acceptors (Lipinski definition) is 4. The van der Waals surface area contributed by atoms with Gasteiger partial charge in [0.2, 0.25) is 5.89 Å². The van der Waals surface area contributed by atoms with Crippen LogP contribution < -0.4 is 10.6 Å². The van der Waals surface area contributed by atoms with Gasteiger partial charge in [0, 0.05) is 25.2 Å². The van der Waals surface area contributed by atoms with Crippen molar-refractivity contribution in [3.8, 4) is 5.69 Å². The minimum atomic E-state index is -0.0440. The third kappa shape index (κ3) is 5.72. The zero-order valence-corrected chi connectivity index (χ0v) is 18.6. The second-order valence-electron chi connectivity index (χ2n) is 8.34. The van der Waals surface area contributed by atoms with E-state index in [1.807, 2.05) is 22.9 Å². The van der Waals surface area contributed by atoms with Crippen LogP contribution in [0.15, 0.2) is 52.1 Å². The van der Waals surface area contributed by atoms with Crippen molar-refractivity contribution in [3.05, 3.63) is 65.6 Å². The fraction of sp³-hybridized carbons (Fsp3) is 0.435. The number of aliphatic imine (C=N–C) groups is 1. The molecule has 2 N–H and O–H groups in total. The summed E-state index contributed by atoms with van der Waals surface area (Å²) < 4.78 is 7.76. The summed E-state index contributed by atoms with van der Waals surface area (Å²) in [4.78, 5) is 8.61. The van der Waals surface area contributed by atoms with Gasteiger partial charge in [0.05, 0.1) is 24.1 Å². The van der Waals surface area contributed by atoms with Crippen molar-refractivity contribution in [1.82, 2.24) is 25.4 Å². The minimum absolute atomic E-state index is 0.0440. The first-order chi connectivity index (χ1) is 14.4. The van der Waals surface area contributed by atoms with Crippen LogP contribution in [-0.2, 0) is 18.4 Å². The fourth-order valence-corrected chi connectivity index (χ4v) is 3.06. The van der Waals surface area contributed by atoms with Gasteiger partial charge < -0.3 is 15.1 Å². The number of aryl methyl sites for hydroxylation is 2. The second kappa shape index (κ2) is 9.61. The maximum Gasteiger partial charge on any atom is 0.213 e. The highest BCUT2D eigenvalue weighted by Gasteiger charge is 2.19. The zero-order valence-electron chi connectivity index (χ0n) is 18.6. The molecule has 0 aliphatic heterocycles. The molecule has 0 amide bonds. The van der Waals surface area contributed by atoms with Gasteiger partial charge in [-0.1, -0.05) is 39.0 Å². The van der Waals surface area contributed by atoms with Crippen molar-refractivity contribution < 1.29 is 4.42 Å². The van der Waals surface area contributed by atoms with Crippen LogP contribution in [0.5, 0.6) is 0 Å². The van der Waals surface area contributed by atoms with Gasteiger partial charge in [0.25, 0.3) is 0 Å². The molecule has 3 aromatic rings. The van der Waals surface area contributed by atoms with Crippen LogP contribution in [0.1, 0.15) is 50.1 Å². The predicted octanol–water partition coefficient (Wildman–Crippen LogP) is 3.76. The van der Waals surface area contributed by atoms with Crippen LogP contribution in [0.2, 0.25) is 0 Å². The third-order valence-electron chi connectivity index (χ3n) is 4.86. The normalized spacial score (nSPS) is 12.2. The van der Waals surface area contributed by atoms with E-state index in [1.54, 1.807) is 13.2 Å². The first-order valence-electron chi connectivity index (χ1n) is 10.4. The first kappa shape index (κ1) is 21.6. The van der Waals surface area contributed by atoms with Crippen molar-refractivity contribution in [2.24, 2.45) is 4.99 Å². The SMILES string of the molecule is CN=C(NCCCc1cn(-c2ccccc2)nc1C)NCc1ncc(C(C)(C)C)o1. The summed E-state index contributed by atoms with van der Waals surface area (Å²) in [6, 6.07) is 10.2. The first-order valence-corrected chi connectivity index (χ1v) is 10.4. The Balaban J connectivity index is 1.44. The molecule has 0 aliphatic rings. The maximum absolute atomic E-state index is 5.81. The Morgan fingerprint density at radius 1 is 1.17 bits per heavy atom. The van der Waals surface area contributed by atoms with Crippen molar-refractivity contribution >= 4 is 5.96 Å². The molecule has 2 aromatic heterocycles. The molecule has 0 fully saturated rings. The van der Waals surface area contributed by atoms with Crippen LogP contribution in [0.3, 0.4) is 0 Å². The molecule has 0 saturated heterocycles. The van der Waals surface area contributed by atoms with Gasteiger partial charge in [0.15, 0.2) is 5.96 Å². The summed E-state index contributed by atoms with van der Waals surface area (Å²) in [5.74, 6) is 2.28. The highest BCUT2D eigenvalue weighted by atomic mass is 16.4. The maximum atomic E-state index is 5.81. The molecule has 0 aliphatic carbocycles. The quantitative estimate of drug-likeness (QED) is 0.353. The lowest BCUT2D eigenvalue weighted by atomic mass is 9.94. The van der Waals surface area contributed by atoms with Crippen LogP contribution >= 0.6 is 0 Å². The number of nitrogens with zero attached hydrogens (tertiary/aromatic N) is 4. The van der Waals surface area contributed by atoms with Gasteiger partial charge in [0.1, 0.15) is 5.76 Å². The molecular weight excluding hydrogens is 376 g/mol. The molecule has 2 heterocycles. The average Bonchev–Trinajstić information content (AvgIpc) is 3.35. The lowest BCUT2D eigenvalue weighted by Gasteiger charge is -2.13.